The molecular formula is C18H27ClN2O3S. The Morgan fingerprint density at radius 2 is 1.84 bits per heavy atom. The standard InChI is InChI=1S/C18H26N2O3S.ClH/c1-24(22,23)18(9-11-19-12-10-18)17(21)20-16(15-7-8-15)13-14-5-3-2-4-6-14;/h2-6,15-16,19H,7-13H2,1H3,(H,20,21);1H. The number of amides is 1. The summed E-state index contributed by atoms with van der Waals surface area (Å²) in [6, 6.07) is 10.1. The number of sulfone groups is 1. The van der Waals surface area contributed by atoms with Gasteiger partial charge in [0.1, 0.15) is 0 Å². The van der Waals surface area contributed by atoms with Crippen molar-refractivity contribution in [1.82, 2.24) is 10.6 Å². The molecule has 1 saturated carbocycles. The summed E-state index contributed by atoms with van der Waals surface area (Å²) >= 11 is 0. The summed E-state index contributed by atoms with van der Waals surface area (Å²) in [4.78, 5) is 13.0. The van der Waals surface area contributed by atoms with Crippen LogP contribution in [-0.4, -0.2) is 44.5 Å². The molecule has 1 unspecified atom stereocenters. The molecule has 1 atom stereocenters. The average molecular weight is 387 g/mol. The second-order valence-electron chi connectivity index (χ2n) is 7.12. The van der Waals surface area contributed by atoms with Crippen molar-refractivity contribution in [3.05, 3.63) is 35.9 Å². The zero-order chi connectivity index (χ0) is 17.2. The molecule has 0 aromatic heterocycles. The first-order chi connectivity index (χ1) is 11.4. The van der Waals surface area contributed by atoms with Crippen molar-refractivity contribution in [1.29, 1.82) is 0 Å². The summed E-state index contributed by atoms with van der Waals surface area (Å²) in [5, 5.41) is 6.25. The predicted octanol–water partition coefficient (Wildman–Crippen LogP) is 1.71. The maximum absolute atomic E-state index is 13.0. The first-order valence-electron chi connectivity index (χ1n) is 8.68. The highest BCUT2D eigenvalue weighted by Crippen LogP contribution is 2.35. The maximum Gasteiger partial charge on any atom is 0.241 e. The van der Waals surface area contributed by atoms with Gasteiger partial charge in [0.2, 0.25) is 5.91 Å². The summed E-state index contributed by atoms with van der Waals surface area (Å²) in [7, 11) is -3.46. The number of hydrogen-bond acceptors (Lipinski definition) is 4. The number of hydrogen-bond donors (Lipinski definition) is 2. The van der Waals surface area contributed by atoms with Gasteiger partial charge < -0.3 is 10.6 Å². The highest BCUT2D eigenvalue weighted by atomic mass is 35.5. The molecule has 25 heavy (non-hydrogen) atoms. The Bertz CT molecular complexity index is 684. The van der Waals surface area contributed by atoms with Crippen molar-refractivity contribution in [3.8, 4) is 0 Å². The first-order valence-corrected chi connectivity index (χ1v) is 10.6. The molecule has 0 spiro atoms. The Hall–Kier alpha value is -1.11. The summed E-state index contributed by atoms with van der Waals surface area (Å²) in [6.45, 7) is 1.13. The van der Waals surface area contributed by atoms with Crippen molar-refractivity contribution < 1.29 is 13.2 Å². The van der Waals surface area contributed by atoms with Crippen molar-refractivity contribution in [2.45, 2.75) is 42.9 Å². The summed E-state index contributed by atoms with van der Waals surface area (Å²) in [6.07, 6.45) is 4.85. The van der Waals surface area contributed by atoms with Crippen LogP contribution in [0.5, 0.6) is 0 Å². The first kappa shape index (κ1) is 20.2. The van der Waals surface area contributed by atoms with Crippen LogP contribution in [0.15, 0.2) is 30.3 Å². The van der Waals surface area contributed by atoms with Gasteiger partial charge in [0.05, 0.1) is 0 Å². The number of halogens is 1. The van der Waals surface area contributed by atoms with E-state index in [1.807, 2.05) is 18.2 Å². The zero-order valence-electron chi connectivity index (χ0n) is 14.5. The molecule has 0 bridgehead atoms. The number of carbonyl (C=O) groups excluding carboxylic acids is 1. The van der Waals surface area contributed by atoms with Gasteiger partial charge in [0.15, 0.2) is 14.6 Å². The van der Waals surface area contributed by atoms with Gasteiger partial charge in [-0.25, -0.2) is 8.42 Å². The Kier molecular flexibility index (Phi) is 6.51. The molecule has 3 rings (SSSR count). The largest absolute Gasteiger partial charge is 0.351 e. The SMILES string of the molecule is CS(=O)(=O)C1(C(=O)NC(Cc2ccccc2)C2CC2)CCNCC1.Cl. The Labute approximate surface area is 156 Å². The van der Waals surface area contributed by atoms with E-state index in [2.05, 4.69) is 22.8 Å². The highest BCUT2D eigenvalue weighted by molar-refractivity contribution is 7.92. The van der Waals surface area contributed by atoms with Crippen LogP contribution in [0.25, 0.3) is 0 Å². The van der Waals surface area contributed by atoms with Gasteiger partial charge >= 0.3 is 0 Å². The third kappa shape index (κ3) is 4.54. The molecular weight excluding hydrogens is 360 g/mol. The van der Waals surface area contributed by atoms with E-state index in [4.69, 9.17) is 0 Å². The Morgan fingerprint density at radius 1 is 1.24 bits per heavy atom. The minimum absolute atomic E-state index is 0. The van der Waals surface area contributed by atoms with Crippen LogP contribution < -0.4 is 10.6 Å². The van der Waals surface area contributed by atoms with Crippen LogP contribution in [0.3, 0.4) is 0 Å². The van der Waals surface area contributed by atoms with Crippen molar-refractivity contribution in [2.75, 3.05) is 19.3 Å². The fourth-order valence-electron chi connectivity index (χ4n) is 3.60. The Balaban J connectivity index is 0.00000225. The molecule has 7 heteroatoms. The molecule has 1 aromatic rings. The monoisotopic (exact) mass is 386 g/mol. The van der Waals surface area contributed by atoms with Gasteiger partial charge in [-0.1, -0.05) is 30.3 Å². The molecule has 1 heterocycles. The molecule has 1 aliphatic carbocycles. The molecule has 2 fully saturated rings. The lowest BCUT2D eigenvalue weighted by Crippen LogP contribution is -2.59. The fraction of sp³-hybridized carbons (Fsp3) is 0.611. The van der Waals surface area contributed by atoms with E-state index in [-0.39, 0.29) is 24.4 Å². The van der Waals surface area contributed by atoms with Crippen LogP contribution in [-0.2, 0) is 21.1 Å². The number of carbonyl (C=O) groups is 1. The lowest BCUT2D eigenvalue weighted by atomic mass is 9.94. The maximum atomic E-state index is 13.0. The molecule has 2 N–H and O–H groups in total. The van der Waals surface area contributed by atoms with E-state index >= 15 is 0 Å². The molecule has 140 valence electrons. The molecule has 0 radical (unpaired) electrons. The minimum Gasteiger partial charge on any atom is -0.351 e. The van der Waals surface area contributed by atoms with Crippen molar-refractivity contribution in [3.63, 3.8) is 0 Å². The number of rotatable bonds is 6. The van der Waals surface area contributed by atoms with E-state index in [9.17, 15) is 13.2 Å². The molecule has 5 nitrogen and oxygen atoms in total. The van der Waals surface area contributed by atoms with Crippen molar-refractivity contribution in [2.24, 2.45) is 5.92 Å². The summed E-state index contributed by atoms with van der Waals surface area (Å²) in [5.41, 5.74) is 1.17. The topological polar surface area (TPSA) is 75.3 Å². The van der Waals surface area contributed by atoms with Crippen LogP contribution in [0.2, 0.25) is 0 Å². The smallest absolute Gasteiger partial charge is 0.241 e. The number of benzene rings is 1. The van der Waals surface area contributed by atoms with Crippen molar-refractivity contribution >= 4 is 28.2 Å². The minimum atomic E-state index is -3.46. The zero-order valence-corrected chi connectivity index (χ0v) is 16.2. The fourth-order valence-corrected chi connectivity index (χ4v) is 4.94. The number of nitrogens with one attached hydrogen (secondary N) is 2. The van der Waals surface area contributed by atoms with Crippen LogP contribution in [0, 0.1) is 5.92 Å². The van der Waals surface area contributed by atoms with Gasteiger partial charge in [-0.15, -0.1) is 12.4 Å². The van der Waals surface area contributed by atoms with Gasteiger partial charge in [-0.2, -0.15) is 0 Å². The van der Waals surface area contributed by atoms with Crippen LogP contribution >= 0.6 is 12.4 Å². The third-order valence-corrected chi connectivity index (χ3v) is 7.35. The molecule has 2 aliphatic rings. The van der Waals surface area contributed by atoms with E-state index < -0.39 is 14.6 Å². The van der Waals surface area contributed by atoms with E-state index in [1.54, 1.807) is 0 Å². The quantitative estimate of drug-likeness (QED) is 0.780. The molecule has 1 aliphatic heterocycles. The lowest BCUT2D eigenvalue weighted by Gasteiger charge is -2.35. The van der Waals surface area contributed by atoms with Crippen LogP contribution in [0.1, 0.15) is 31.2 Å². The van der Waals surface area contributed by atoms with Gasteiger partial charge in [-0.05, 0) is 56.7 Å². The second kappa shape index (κ2) is 8.06. The number of piperidine rings is 1. The van der Waals surface area contributed by atoms with Gasteiger partial charge in [-0.3, -0.25) is 4.79 Å². The average Bonchev–Trinajstić information content (AvgIpc) is 3.39. The van der Waals surface area contributed by atoms with Crippen LogP contribution in [0.4, 0.5) is 0 Å². The van der Waals surface area contributed by atoms with Gasteiger partial charge in [0, 0.05) is 12.3 Å². The molecule has 1 saturated heterocycles. The molecule has 1 aromatic carbocycles. The predicted molar refractivity (Wildman–Crippen MR) is 102 cm³/mol. The summed E-state index contributed by atoms with van der Waals surface area (Å²) < 4.78 is 23.5. The second-order valence-corrected chi connectivity index (χ2v) is 9.45. The lowest BCUT2D eigenvalue weighted by molar-refractivity contribution is -0.125. The van der Waals surface area contributed by atoms with E-state index in [0.29, 0.717) is 31.8 Å². The molecule has 1 amide bonds. The Morgan fingerprint density at radius 3 is 2.36 bits per heavy atom. The summed E-state index contributed by atoms with van der Waals surface area (Å²) in [5.74, 6) is 0.159. The van der Waals surface area contributed by atoms with E-state index in [0.717, 1.165) is 19.3 Å². The van der Waals surface area contributed by atoms with E-state index in [1.165, 1.54) is 11.8 Å². The normalized spacial score (nSPS) is 21.0. The van der Waals surface area contributed by atoms with Gasteiger partial charge in [0.25, 0.3) is 0 Å². The third-order valence-electron chi connectivity index (χ3n) is 5.34. The highest BCUT2D eigenvalue weighted by Gasteiger charge is 2.49.